The highest BCUT2D eigenvalue weighted by atomic mass is 32.1. The van der Waals surface area contributed by atoms with Crippen molar-refractivity contribution in [3.05, 3.63) is 62.1 Å². The molecule has 2 heterocycles. The fraction of sp³-hybridized carbons (Fsp3) is 0.118. The Balaban J connectivity index is 2.13. The zero-order valence-corrected chi connectivity index (χ0v) is 13.7. The molecule has 2 amide bonds. The van der Waals surface area contributed by atoms with Gasteiger partial charge in [0.1, 0.15) is 5.56 Å². The molecule has 3 aromatic rings. The van der Waals surface area contributed by atoms with Crippen molar-refractivity contribution in [1.29, 1.82) is 0 Å². The van der Waals surface area contributed by atoms with E-state index in [0.29, 0.717) is 23.0 Å². The van der Waals surface area contributed by atoms with Crippen LogP contribution in [0.4, 0.5) is 5.69 Å². The molecule has 0 atom stereocenters. The largest absolute Gasteiger partial charge is 0.366 e. The molecular weight excluding hydrogens is 326 g/mol. The number of aryl methyl sites for hydroxylation is 1. The van der Waals surface area contributed by atoms with Crippen LogP contribution >= 0.6 is 11.3 Å². The van der Waals surface area contributed by atoms with Crippen molar-refractivity contribution in [2.45, 2.75) is 13.3 Å². The number of carbonyl (C=O) groups excluding carboxylic acids is 2. The number of aromatic amines is 1. The molecule has 122 valence electrons. The first-order valence-corrected chi connectivity index (χ1v) is 8.27. The Bertz CT molecular complexity index is 990. The molecule has 2 aromatic heterocycles. The van der Waals surface area contributed by atoms with Crippen molar-refractivity contribution in [1.82, 2.24) is 4.98 Å². The monoisotopic (exact) mass is 341 g/mol. The lowest BCUT2D eigenvalue weighted by Crippen LogP contribution is -2.24. The summed E-state index contributed by atoms with van der Waals surface area (Å²) in [5, 5.41) is 6.84. The van der Waals surface area contributed by atoms with Crippen LogP contribution in [0.15, 0.2) is 39.8 Å². The van der Waals surface area contributed by atoms with Crippen LogP contribution in [0.25, 0.3) is 10.9 Å². The second-order valence-corrected chi connectivity index (χ2v) is 6.04. The second kappa shape index (κ2) is 6.29. The third kappa shape index (κ3) is 2.81. The van der Waals surface area contributed by atoms with Gasteiger partial charge in [0.15, 0.2) is 0 Å². The summed E-state index contributed by atoms with van der Waals surface area (Å²) in [4.78, 5) is 39.0. The number of amides is 2. The summed E-state index contributed by atoms with van der Waals surface area (Å²) in [5.74, 6) is -1.11. The summed E-state index contributed by atoms with van der Waals surface area (Å²) in [6.07, 6.45) is 0.608. The van der Waals surface area contributed by atoms with Gasteiger partial charge < -0.3 is 16.0 Å². The molecule has 24 heavy (non-hydrogen) atoms. The minimum Gasteiger partial charge on any atom is -0.366 e. The lowest BCUT2D eigenvalue weighted by Gasteiger charge is -2.10. The number of primary amides is 1. The maximum atomic E-state index is 12.3. The SMILES string of the molecule is CCc1ccc2cc(C(=O)Nc3ccsc3)c(=O)[nH]c2c1C(N)=O. The number of nitrogens with two attached hydrogens (primary N) is 1. The van der Waals surface area contributed by atoms with E-state index in [0.717, 1.165) is 5.56 Å². The van der Waals surface area contributed by atoms with E-state index in [1.807, 2.05) is 12.3 Å². The highest BCUT2D eigenvalue weighted by Gasteiger charge is 2.17. The van der Waals surface area contributed by atoms with Gasteiger partial charge in [0.05, 0.1) is 16.8 Å². The molecule has 0 saturated heterocycles. The minimum absolute atomic E-state index is 0.0200. The van der Waals surface area contributed by atoms with Crippen molar-refractivity contribution in [2.75, 3.05) is 5.32 Å². The van der Waals surface area contributed by atoms with Crippen LogP contribution in [0.1, 0.15) is 33.2 Å². The van der Waals surface area contributed by atoms with Crippen LogP contribution < -0.4 is 16.6 Å². The molecule has 0 radical (unpaired) electrons. The molecule has 0 bridgehead atoms. The van der Waals surface area contributed by atoms with E-state index in [9.17, 15) is 14.4 Å². The molecule has 0 aliphatic heterocycles. The van der Waals surface area contributed by atoms with Crippen LogP contribution in [-0.4, -0.2) is 16.8 Å². The highest BCUT2D eigenvalue weighted by Crippen LogP contribution is 2.21. The number of aromatic nitrogens is 1. The van der Waals surface area contributed by atoms with Gasteiger partial charge >= 0.3 is 0 Å². The van der Waals surface area contributed by atoms with Gasteiger partial charge in [-0.05, 0) is 34.9 Å². The van der Waals surface area contributed by atoms with Crippen LogP contribution in [0, 0.1) is 0 Å². The van der Waals surface area contributed by atoms with Crippen LogP contribution in [-0.2, 0) is 6.42 Å². The smallest absolute Gasteiger partial charge is 0.261 e. The first-order valence-electron chi connectivity index (χ1n) is 7.33. The molecule has 4 N–H and O–H groups in total. The van der Waals surface area contributed by atoms with E-state index < -0.39 is 17.4 Å². The van der Waals surface area contributed by atoms with Gasteiger partial charge in [0.2, 0.25) is 0 Å². The number of thiophene rings is 1. The number of pyridine rings is 1. The summed E-state index contributed by atoms with van der Waals surface area (Å²) in [5.41, 5.74) is 6.90. The van der Waals surface area contributed by atoms with Gasteiger partial charge in [0, 0.05) is 5.38 Å². The van der Waals surface area contributed by atoms with E-state index in [4.69, 9.17) is 5.73 Å². The Kier molecular flexibility index (Phi) is 4.18. The Morgan fingerprint density at radius 2 is 2.08 bits per heavy atom. The summed E-state index contributed by atoms with van der Waals surface area (Å²) >= 11 is 1.44. The van der Waals surface area contributed by atoms with E-state index >= 15 is 0 Å². The van der Waals surface area contributed by atoms with Crippen molar-refractivity contribution < 1.29 is 9.59 Å². The average Bonchev–Trinajstić information content (AvgIpc) is 3.05. The molecule has 0 aliphatic rings. The molecule has 0 fully saturated rings. The van der Waals surface area contributed by atoms with Gasteiger partial charge in [0.25, 0.3) is 17.4 Å². The molecule has 0 unspecified atom stereocenters. The molecule has 0 saturated carbocycles. The number of carbonyl (C=O) groups is 2. The first kappa shape index (κ1) is 15.9. The standard InChI is InChI=1S/C17H15N3O3S/c1-2-9-3-4-10-7-12(16(22)19-11-5-6-24-8-11)17(23)20-14(10)13(9)15(18)21/h3-8H,2H2,1H3,(H2,18,21)(H,19,22)(H,20,23). The summed E-state index contributed by atoms with van der Waals surface area (Å²) in [6.45, 7) is 1.90. The van der Waals surface area contributed by atoms with Gasteiger partial charge in [-0.2, -0.15) is 11.3 Å². The quantitative estimate of drug-likeness (QED) is 0.679. The highest BCUT2D eigenvalue weighted by molar-refractivity contribution is 7.08. The number of benzene rings is 1. The number of hydrogen-bond acceptors (Lipinski definition) is 4. The fourth-order valence-electron chi connectivity index (χ4n) is 2.60. The summed E-state index contributed by atoms with van der Waals surface area (Å²) in [6, 6.07) is 6.76. The zero-order valence-electron chi connectivity index (χ0n) is 12.9. The van der Waals surface area contributed by atoms with Crippen LogP contribution in [0.3, 0.4) is 0 Å². The number of nitrogens with one attached hydrogen (secondary N) is 2. The van der Waals surface area contributed by atoms with E-state index in [2.05, 4.69) is 10.3 Å². The number of anilines is 1. The number of rotatable bonds is 4. The third-order valence-electron chi connectivity index (χ3n) is 3.76. The number of hydrogen-bond donors (Lipinski definition) is 3. The molecule has 7 heteroatoms. The van der Waals surface area contributed by atoms with Crippen LogP contribution in [0.5, 0.6) is 0 Å². The predicted octanol–water partition coefficient (Wildman–Crippen LogP) is 2.50. The summed E-state index contributed by atoms with van der Waals surface area (Å²) < 4.78 is 0. The van der Waals surface area contributed by atoms with E-state index in [1.54, 1.807) is 23.6 Å². The van der Waals surface area contributed by atoms with Gasteiger partial charge in [-0.25, -0.2) is 0 Å². The topological polar surface area (TPSA) is 105 Å². The molecule has 0 aliphatic carbocycles. The van der Waals surface area contributed by atoms with E-state index in [-0.39, 0.29) is 11.1 Å². The minimum atomic E-state index is -0.608. The zero-order chi connectivity index (χ0) is 17.3. The van der Waals surface area contributed by atoms with Crippen molar-refractivity contribution in [2.24, 2.45) is 5.73 Å². The maximum absolute atomic E-state index is 12.3. The predicted molar refractivity (Wildman–Crippen MR) is 94.7 cm³/mol. The average molecular weight is 341 g/mol. The van der Waals surface area contributed by atoms with Crippen LogP contribution in [0.2, 0.25) is 0 Å². The number of H-pyrrole nitrogens is 1. The van der Waals surface area contributed by atoms with E-state index in [1.165, 1.54) is 17.4 Å². The van der Waals surface area contributed by atoms with Crippen molar-refractivity contribution in [3.63, 3.8) is 0 Å². The second-order valence-electron chi connectivity index (χ2n) is 5.26. The lowest BCUT2D eigenvalue weighted by molar-refractivity contribution is 0.0998. The Labute approximate surface area is 141 Å². The lowest BCUT2D eigenvalue weighted by atomic mass is 9.99. The Morgan fingerprint density at radius 3 is 2.71 bits per heavy atom. The fourth-order valence-corrected chi connectivity index (χ4v) is 3.19. The van der Waals surface area contributed by atoms with Crippen molar-refractivity contribution in [3.8, 4) is 0 Å². The van der Waals surface area contributed by atoms with Gasteiger partial charge in [-0.1, -0.05) is 19.1 Å². The van der Waals surface area contributed by atoms with Gasteiger partial charge in [-0.3, -0.25) is 14.4 Å². The molecule has 3 rings (SSSR count). The molecule has 0 spiro atoms. The molecular formula is C17H15N3O3S. The van der Waals surface area contributed by atoms with Crippen molar-refractivity contribution >= 4 is 39.7 Å². The summed E-state index contributed by atoms with van der Waals surface area (Å²) in [7, 11) is 0. The molecule has 1 aromatic carbocycles. The van der Waals surface area contributed by atoms with Gasteiger partial charge in [-0.15, -0.1) is 0 Å². The normalized spacial score (nSPS) is 10.7. The maximum Gasteiger partial charge on any atom is 0.261 e. The third-order valence-corrected chi connectivity index (χ3v) is 4.44. The molecule has 6 nitrogen and oxygen atoms in total. The Hall–Kier alpha value is -2.93. The number of fused-ring (bicyclic) bond motifs is 1. The Morgan fingerprint density at radius 1 is 1.29 bits per heavy atom. The first-order chi connectivity index (χ1) is 11.5.